The van der Waals surface area contributed by atoms with E-state index in [-0.39, 0.29) is 16.4 Å². The molecule has 1 N–H and O–H groups in total. The zero-order valence-corrected chi connectivity index (χ0v) is 26.9. The largest absolute Gasteiger partial charge is 0.478 e. The average Bonchev–Trinajstić information content (AvgIpc) is 3.45. The van der Waals surface area contributed by atoms with Crippen LogP contribution in [0.25, 0.3) is 22.3 Å². The van der Waals surface area contributed by atoms with Crippen molar-refractivity contribution in [3.63, 3.8) is 0 Å². The molecule has 2 aliphatic carbocycles. The third kappa shape index (κ3) is 4.55. The van der Waals surface area contributed by atoms with E-state index in [1.807, 2.05) is 12.1 Å². The van der Waals surface area contributed by atoms with Crippen molar-refractivity contribution < 1.29 is 14.6 Å². The van der Waals surface area contributed by atoms with Gasteiger partial charge in [0.25, 0.3) is 0 Å². The standard InChI is InChI=1S/C43H35NO3/c1-42(2)37-11-7-5-9-33(37)35-23-17-29(25-39(35)42)44(28-15-21-32(22-16-28)47-31-19-13-27(14-20-31)41(45)46)30-18-24-36-34-10-6-8-12-38(34)43(3,4)40(36)26-30/h5-26H,1-4H3,(H,45,46). The van der Waals surface area contributed by atoms with Gasteiger partial charge >= 0.3 is 5.97 Å². The lowest BCUT2D eigenvalue weighted by molar-refractivity contribution is 0.0697. The number of hydrogen-bond acceptors (Lipinski definition) is 3. The lowest BCUT2D eigenvalue weighted by Crippen LogP contribution is -2.18. The van der Waals surface area contributed by atoms with Crippen LogP contribution in [0.1, 0.15) is 60.3 Å². The second-order valence-electron chi connectivity index (χ2n) is 13.6. The van der Waals surface area contributed by atoms with Crippen LogP contribution in [0.3, 0.4) is 0 Å². The monoisotopic (exact) mass is 613 g/mol. The number of carboxylic acid groups (broad SMARTS) is 1. The number of carbonyl (C=O) groups is 1. The molecule has 4 heteroatoms. The Bertz CT molecular complexity index is 2090. The Morgan fingerprint density at radius 1 is 0.511 bits per heavy atom. The van der Waals surface area contributed by atoms with Crippen molar-refractivity contribution in [3.05, 3.63) is 161 Å². The topological polar surface area (TPSA) is 49.8 Å². The maximum atomic E-state index is 11.3. The van der Waals surface area contributed by atoms with E-state index >= 15 is 0 Å². The average molecular weight is 614 g/mol. The van der Waals surface area contributed by atoms with E-state index < -0.39 is 5.97 Å². The molecule has 0 unspecified atom stereocenters. The van der Waals surface area contributed by atoms with E-state index in [4.69, 9.17) is 4.74 Å². The van der Waals surface area contributed by atoms with Gasteiger partial charge in [-0.15, -0.1) is 0 Å². The van der Waals surface area contributed by atoms with E-state index in [0.717, 1.165) is 17.1 Å². The molecule has 0 saturated carbocycles. The highest BCUT2D eigenvalue weighted by atomic mass is 16.5. The number of ether oxygens (including phenoxy) is 1. The van der Waals surface area contributed by atoms with Crippen LogP contribution in [0.15, 0.2) is 133 Å². The van der Waals surface area contributed by atoms with Gasteiger partial charge in [0.15, 0.2) is 0 Å². The molecule has 0 atom stereocenters. The van der Waals surface area contributed by atoms with Crippen LogP contribution in [0.4, 0.5) is 17.1 Å². The fourth-order valence-corrected chi connectivity index (χ4v) is 7.57. The summed E-state index contributed by atoms with van der Waals surface area (Å²) in [6.07, 6.45) is 0. The molecule has 0 fully saturated rings. The number of carboxylic acids is 1. The Hall–Kier alpha value is -5.61. The van der Waals surface area contributed by atoms with Gasteiger partial charge in [0.1, 0.15) is 11.5 Å². The summed E-state index contributed by atoms with van der Waals surface area (Å²) in [6.45, 7) is 9.26. The van der Waals surface area contributed by atoms with Crippen LogP contribution in [-0.2, 0) is 10.8 Å². The lowest BCUT2D eigenvalue weighted by atomic mass is 9.82. The van der Waals surface area contributed by atoms with Crippen LogP contribution in [-0.4, -0.2) is 11.1 Å². The molecule has 0 amide bonds. The zero-order valence-electron chi connectivity index (χ0n) is 26.9. The number of fused-ring (bicyclic) bond motifs is 6. The van der Waals surface area contributed by atoms with E-state index in [0.29, 0.717) is 11.5 Å². The minimum atomic E-state index is -0.960. The Labute approximate surface area is 275 Å². The zero-order chi connectivity index (χ0) is 32.5. The Morgan fingerprint density at radius 2 is 0.915 bits per heavy atom. The fraction of sp³-hybridized carbons (Fsp3) is 0.140. The highest BCUT2D eigenvalue weighted by molar-refractivity contribution is 5.89. The summed E-state index contributed by atoms with van der Waals surface area (Å²) >= 11 is 0. The smallest absolute Gasteiger partial charge is 0.335 e. The molecular formula is C43H35NO3. The molecular weight excluding hydrogens is 578 g/mol. The van der Waals surface area contributed by atoms with Gasteiger partial charge < -0.3 is 14.7 Å². The van der Waals surface area contributed by atoms with Gasteiger partial charge in [0.2, 0.25) is 0 Å². The van der Waals surface area contributed by atoms with Gasteiger partial charge in [-0.2, -0.15) is 0 Å². The molecule has 0 radical (unpaired) electrons. The third-order valence-corrected chi connectivity index (χ3v) is 10.1. The molecule has 2 aliphatic rings. The van der Waals surface area contributed by atoms with Crippen LogP contribution >= 0.6 is 0 Å². The Kier molecular flexibility index (Phi) is 6.42. The van der Waals surface area contributed by atoms with E-state index in [1.165, 1.54) is 44.5 Å². The van der Waals surface area contributed by atoms with Gasteiger partial charge in [0, 0.05) is 27.9 Å². The molecule has 230 valence electrons. The summed E-state index contributed by atoms with van der Waals surface area (Å²) in [5.41, 5.74) is 13.7. The van der Waals surface area contributed by atoms with Gasteiger partial charge in [0.05, 0.1) is 5.56 Å². The predicted octanol–water partition coefficient (Wildman–Crippen LogP) is 11.3. The first kappa shape index (κ1) is 28.8. The Morgan fingerprint density at radius 3 is 1.38 bits per heavy atom. The number of hydrogen-bond donors (Lipinski definition) is 1. The van der Waals surface area contributed by atoms with Crippen LogP contribution < -0.4 is 9.64 Å². The van der Waals surface area contributed by atoms with E-state index in [9.17, 15) is 9.90 Å². The van der Waals surface area contributed by atoms with E-state index in [2.05, 4.69) is 130 Å². The van der Waals surface area contributed by atoms with Crippen molar-refractivity contribution in [1.82, 2.24) is 0 Å². The van der Waals surface area contributed by atoms with Crippen molar-refractivity contribution in [3.8, 4) is 33.8 Å². The number of aromatic carboxylic acids is 1. The van der Waals surface area contributed by atoms with Crippen molar-refractivity contribution in [2.24, 2.45) is 0 Å². The maximum Gasteiger partial charge on any atom is 0.335 e. The molecule has 0 heterocycles. The van der Waals surface area contributed by atoms with Crippen molar-refractivity contribution >= 4 is 23.0 Å². The Balaban J connectivity index is 1.23. The summed E-state index contributed by atoms with van der Waals surface area (Å²) in [7, 11) is 0. The number of nitrogens with zero attached hydrogens (tertiary/aromatic N) is 1. The normalized spacial score (nSPS) is 14.5. The summed E-state index contributed by atoms with van der Waals surface area (Å²) < 4.78 is 6.10. The number of rotatable bonds is 6. The van der Waals surface area contributed by atoms with Crippen LogP contribution in [0.5, 0.6) is 11.5 Å². The fourth-order valence-electron chi connectivity index (χ4n) is 7.57. The molecule has 6 aromatic carbocycles. The van der Waals surface area contributed by atoms with Crippen LogP contribution in [0, 0.1) is 0 Å². The highest BCUT2D eigenvalue weighted by Crippen LogP contribution is 2.53. The lowest BCUT2D eigenvalue weighted by Gasteiger charge is -2.29. The first-order chi connectivity index (χ1) is 22.6. The summed E-state index contributed by atoms with van der Waals surface area (Å²) in [6, 6.07) is 45.8. The van der Waals surface area contributed by atoms with Gasteiger partial charge in [-0.3, -0.25) is 0 Å². The molecule has 0 bridgehead atoms. The molecule has 0 aromatic heterocycles. The highest BCUT2D eigenvalue weighted by Gasteiger charge is 2.37. The second-order valence-corrected chi connectivity index (χ2v) is 13.6. The quantitative estimate of drug-likeness (QED) is 0.203. The first-order valence-electron chi connectivity index (χ1n) is 16.0. The molecule has 4 nitrogen and oxygen atoms in total. The molecule has 0 spiro atoms. The van der Waals surface area contributed by atoms with Gasteiger partial charge in [-0.05, 0) is 117 Å². The minimum absolute atomic E-state index is 0.122. The summed E-state index contributed by atoms with van der Waals surface area (Å²) in [4.78, 5) is 13.6. The van der Waals surface area contributed by atoms with Gasteiger partial charge in [-0.25, -0.2) is 4.79 Å². The third-order valence-electron chi connectivity index (χ3n) is 10.1. The summed E-state index contributed by atoms with van der Waals surface area (Å²) in [5.74, 6) is 0.298. The molecule has 0 aliphatic heterocycles. The molecule has 6 aromatic rings. The van der Waals surface area contributed by atoms with Crippen molar-refractivity contribution in [2.45, 2.75) is 38.5 Å². The SMILES string of the molecule is CC1(C)c2ccccc2-c2ccc(N(c3ccc(Oc4ccc(C(=O)O)cc4)cc3)c3ccc4c(c3)C(C)(C)c3ccccc3-4)cc21. The predicted molar refractivity (Wildman–Crippen MR) is 190 cm³/mol. The minimum Gasteiger partial charge on any atom is -0.478 e. The number of benzene rings is 6. The van der Waals surface area contributed by atoms with Gasteiger partial charge in [-0.1, -0.05) is 88.4 Å². The molecule has 47 heavy (non-hydrogen) atoms. The number of anilines is 3. The molecule has 0 saturated heterocycles. The van der Waals surface area contributed by atoms with Crippen LogP contribution in [0.2, 0.25) is 0 Å². The summed E-state index contributed by atoms with van der Waals surface area (Å²) in [5, 5.41) is 9.24. The first-order valence-corrected chi connectivity index (χ1v) is 16.0. The van der Waals surface area contributed by atoms with Crippen molar-refractivity contribution in [2.75, 3.05) is 4.90 Å². The maximum absolute atomic E-state index is 11.3. The second kappa shape index (κ2) is 10.5. The van der Waals surface area contributed by atoms with E-state index in [1.54, 1.807) is 24.3 Å². The van der Waals surface area contributed by atoms with Crippen molar-refractivity contribution in [1.29, 1.82) is 0 Å². The molecule has 8 rings (SSSR count).